The van der Waals surface area contributed by atoms with Gasteiger partial charge < -0.3 is 26.0 Å². The molecule has 1 saturated carbocycles. The van der Waals surface area contributed by atoms with Crippen LogP contribution in [0.4, 0.5) is 11.5 Å². The van der Waals surface area contributed by atoms with E-state index in [-0.39, 0.29) is 12.1 Å². The zero-order chi connectivity index (χ0) is 19.9. The van der Waals surface area contributed by atoms with Gasteiger partial charge in [0.05, 0.1) is 11.8 Å². The third-order valence-electron chi connectivity index (χ3n) is 5.86. The predicted octanol–water partition coefficient (Wildman–Crippen LogP) is 3.18. The van der Waals surface area contributed by atoms with E-state index in [1.807, 2.05) is 32.5 Å². The Hall–Kier alpha value is -1.63. The van der Waals surface area contributed by atoms with Crippen LogP contribution in [0.25, 0.3) is 0 Å². The Balaban J connectivity index is 1.67. The Morgan fingerprint density at radius 2 is 2.07 bits per heavy atom. The highest BCUT2D eigenvalue weighted by Gasteiger charge is 2.32. The van der Waals surface area contributed by atoms with E-state index in [0.29, 0.717) is 12.1 Å². The number of nitrogens with zero attached hydrogens (tertiary/aromatic N) is 2. The van der Waals surface area contributed by atoms with Gasteiger partial charge in [-0.05, 0) is 50.9 Å². The molecule has 1 aliphatic heterocycles. The normalized spacial score (nSPS) is 25.2. The fraction of sp³-hybridized carbons (Fsp3) is 0.682. The first-order chi connectivity index (χ1) is 13.6. The van der Waals surface area contributed by atoms with Crippen LogP contribution in [0.5, 0.6) is 0 Å². The zero-order valence-corrected chi connectivity index (χ0v) is 17.7. The zero-order valence-electron chi connectivity index (χ0n) is 17.7. The van der Waals surface area contributed by atoms with Crippen LogP contribution in [-0.2, 0) is 4.74 Å². The van der Waals surface area contributed by atoms with E-state index in [4.69, 9.17) is 15.5 Å². The molecule has 1 aliphatic carbocycles. The average molecular weight is 388 g/mol. The first-order valence-electron chi connectivity index (χ1n) is 10.8. The first kappa shape index (κ1) is 21.1. The Morgan fingerprint density at radius 1 is 1.29 bits per heavy atom. The number of ether oxygens (including phenoxy) is 1. The summed E-state index contributed by atoms with van der Waals surface area (Å²) in [6.45, 7) is 5.85. The molecule has 156 valence electrons. The number of hydrogen-bond acceptors (Lipinski definition) is 6. The number of nitrogens with two attached hydrogens (primary N) is 1. The number of aromatic nitrogens is 1. The van der Waals surface area contributed by atoms with Gasteiger partial charge >= 0.3 is 0 Å². The molecule has 28 heavy (non-hydrogen) atoms. The van der Waals surface area contributed by atoms with Gasteiger partial charge in [0.25, 0.3) is 0 Å². The number of hydrogen-bond donors (Lipinski definition) is 3. The first-order valence-corrected chi connectivity index (χ1v) is 10.8. The fourth-order valence-electron chi connectivity index (χ4n) is 4.32. The van der Waals surface area contributed by atoms with Crippen molar-refractivity contribution in [2.24, 2.45) is 5.73 Å². The molecular weight excluding hydrogens is 350 g/mol. The van der Waals surface area contributed by atoms with Gasteiger partial charge in [0.2, 0.25) is 0 Å². The van der Waals surface area contributed by atoms with Crippen molar-refractivity contribution in [1.29, 1.82) is 0 Å². The number of piperidine rings is 1. The van der Waals surface area contributed by atoms with Gasteiger partial charge in [0.1, 0.15) is 0 Å². The second kappa shape index (κ2) is 10.2. The van der Waals surface area contributed by atoms with E-state index in [1.165, 1.54) is 32.1 Å². The fourth-order valence-corrected chi connectivity index (χ4v) is 4.32. The minimum atomic E-state index is 0.0215. The lowest BCUT2D eigenvalue weighted by Gasteiger charge is -2.41. The molecule has 6 nitrogen and oxygen atoms in total. The second-order valence-electron chi connectivity index (χ2n) is 8.36. The van der Waals surface area contributed by atoms with Crippen molar-refractivity contribution < 1.29 is 4.74 Å². The molecule has 0 aromatic carbocycles. The van der Waals surface area contributed by atoms with Crippen molar-refractivity contribution in [3.8, 4) is 0 Å². The Labute approximate surface area is 169 Å². The summed E-state index contributed by atoms with van der Waals surface area (Å²) in [7, 11) is 1.83. The van der Waals surface area contributed by atoms with Crippen LogP contribution in [0.1, 0.15) is 51.0 Å². The van der Waals surface area contributed by atoms with Gasteiger partial charge in [-0.1, -0.05) is 25.3 Å². The number of aryl methyl sites for hydroxylation is 1. The summed E-state index contributed by atoms with van der Waals surface area (Å²) in [5.74, 6) is 0.984. The number of anilines is 2. The summed E-state index contributed by atoms with van der Waals surface area (Å²) in [6.07, 6.45) is 13.7. The summed E-state index contributed by atoms with van der Waals surface area (Å²) in [5, 5.41) is 7.26. The lowest BCUT2D eigenvalue weighted by molar-refractivity contribution is 0.0534. The van der Waals surface area contributed by atoms with E-state index in [2.05, 4.69) is 28.5 Å². The highest BCUT2D eigenvalue weighted by atomic mass is 16.5. The molecule has 0 spiro atoms. The monoisotopic (exact) mass is 387 g/mol. The molecular formula is C22H37N5O. The van der Waals surface area contributed by atoms with Crippen LogP contribution in [-0.4, -0.2) is 49.4 Å². The minimum Gasteiger partial charge on any atom is -0.378 e. The van der Waals surface area contributed by atoms with Crippen LogP contribution in [0.3, 0.4) is 0 Å². The molecule has 3 unspecified atom stereocenters. The molecule has 6 heteroatoms. The third kappa shape index (κ3) is 5.69. The number of nitrogens with one attached hydrogen (secondary N) is 2. The highest BCUT2D eigenvalue weighted by Crippen LogP contribution is 2.29. The van der Waals surface area contributed by atoms with Crippen molar-refractivity contribution in [3.63, 3.8) is 0 Å². The molecule has 2 heterocycles. The molecule has 1 aromatic rings. The minimum absolute atomic E-state index is 0.0215. The number of rotatable bonds is 7. The summed E-state index contributed by atoms with van der Waals surface area (Å²) < 4.78 is 5.89. The van der Waals surface area contributed by atoms with Gasteiger partial charge in [-0.25, -0.2) is 4.98 Å². The Kier molecular flexibility index (Phi) is 7.71. The lowest BCUT2D eigenvalue weighted by atomic mass is 9.92. The van der Waals surface area contributed by atoms with E-state index in [0.717, 1.165) is 36.6 Å². The van der Waals surface area contributed by atoms with E-state index in [9.17, 15) is 0 Å². The van der Waals surface area contributed by atoms with Gasteiger partial charge in [0.15, 0.2) is 5.82 Å². The number of methoxy groups -OCH3 is 1. The van der Waals surface area contributed by atoms with Crippen molar-refractivity contribution in [1.82, 2.24) is 10.3 Å². The SMILES string of the molecule is COC1CN(c2ncc(C)cc2N/C=C\C(C)N)CCC1NC1CCCCC1. The Morgan fingerprint density at radius 3 is 2.79 bits per heavy atom. The van der Waals surface area contributed by atoms with E-state index < -0.39 is 0 Å². The molecule has 1 aromatic heterocycles. The maximum atomic E-state index is 5.89. The molecule has 0 bridgehead atoms. The van der Waals surface area contributed by atoms with Gasteiger partial charge in [-0.2, -0.15) is 0 Å². The standard InChI is InChI=1S/C22H37N5O/c1-16-13-20(24-11-9-17(2)23)22(25-14-16)27-12-10-19(21(15-27)28-3)26-18-7-5-4-6-8-18/h9,11,13-14,17-19,21,24,26H,4-8,10,12,15,23H2,1-3H3/b11-9-. The van der Waals surface area contributed by atoms with Gasteiger partial charge in [0, 0.05) is 44.5 Å². The molecule has 2 aliphatic rings. The summed E-state index contributed by atoms with van der Waals surface area (Å²) >= 11 is 0. The molecule has 3 rings (SSSR count). The lowest BCUT2D eigenvalue weighted by Crippen LogP contribution is -2.56. The smallest absolute Gasteiger partial charge is 0.152 e. The van der Waals surface area contributed by atoms with Crippen LogP contribution in [0, 0.1) is 6.92 Å². The summed E-state index contributed by atoms with van der Waals surface area (Å²) in [5.41, 5.74) is 7.97. The maximum Gasteiger partial charge on any atom is 0.152 e. The van der Waals surface area contributed by atoms with Crippen molar-refractivity contribution in [2.75, 3.05) is 30.4 Å². The highest BCUT2D eigenvalue weighted by molar-refractivity contribution is 5.67. The molecule has 0 amide bonds. The quantitative estimate of drug-likeness (QED) is 0.667. The molecule has 3 atom stereocenters. The maximum absolute atomic E-state index is 5.89. The van der Waals surface area contributed by atoms with Gasteiger partial charge in [-0.3, -0.25) is 0 Å². The van der Waals surface area contributed by atoms with Crippen LogP contribution in [0.2, 0.25) is 0 Å². The second-order valence-corrected chi connectivity index (χ2v) is 8.36. The molecule has 2 fully saturated rings. The summed E-state index contributed by atoms with van der Waals surface area (Å²) in [4.78, 5) is 7.07. The molecule has 1 saturated heterocycles. The van der Waals surface area contributed by atoms with Crippen molar-refractivity contribution in [3.05, 3.63) is 30.1 Å². The van der Waals surface area contributed by atoms with Crippen molar-refractivity contribution in [2.45, 2.75) is 76.6 Å². The largest absolute Gasteiger partial charge is 0.378 e. The van der Waals surface area contributed by atoms with Crippen molar-refractivity contribution >= 4 is 11.5 Å². The molecule has 0 radical (unpaired) electrons. The van der Waals surface area contributed by atoms with E-state index in [1.54, 1.807) is 0 Å². The third-order valence-corrected chi connectivity index (χ3v) is 5.86. The number of pyridine rings is 1. The van der Waals surface area contributed by atoms with Crippen LogP contribution in [0.15, 0.2) is 24.5 Å². The van der Waals surface area contributed by atoms with Gasteiger partial charge in [-0.15, -0.1) is 0 Å². The van der Waals surface area contributed by atoms with E-state index >= 15 is 0 Å². The molecule has 4 N–H and O–H groups in total. The average Bonchev–Trinajstić information content (AvgIpc) is 2.69. The topological polar surface area (TPSA) is 75.4 Å². The summed E-state index contributed by atoms with van der Waals surface area (Å²) in [6, 6.07) is 3.24. The van der Waals surface area contributed by atoms with Crippen LogP contribution < -0.4 is 21.3 Å². The predicted molar refractivity (Wildman–Crippen MR) is 117 cm³/mol. The Bertz CT molecular complexity index is 642. The van der Waals surface area contributed by atoms with Crippen LogP contribution >= 0.6 is 0 Å².